The second kappa shape index (κ2) is 7.96. The summed E-state index contributed by atoms with van der Waals surface area (Å²) in [6, 6.07) is 12.2. The fourth-order valence-electron chi connectivity index (χ4n) is 2.98. The number of alkyl halides is 3. The molecule has 0 aliphatic rings. The number of benzene rings is 2. The Hall–Kier alpha value is -2.71. The Kier molecular flexibility index (Phi) is 5.77. The Morgan fingerprint density at radius 3 is 2.45 bits per heavy atom. The number of nitrogens with one attached hydrogen (secondary N) is 1. The molecule has 0 aliphatic carbocycles. The molecular formula is C21H19F3N2O2S. The lowest BCUT2D eigenvalue weighted by Crippen LogP contribution is -2.27. The van der Waals surface area contributed by atoms with Gasteiger partial charge in [0, 0.05) is 18.4 Å². The highest BCUT2D eigenvalue weighted by atomic mass is 32.2. The van der Waals surface area contributed by atoms with Crippen LogP contribution in [0.25, 0.3) is 11.1 Å². The fourth-order valence-corrected chi connectivity index (χ4v) is 4.26. The second-order valence-electron chi connectivity index (χ2n) is 6.68. The first-order chi connectivity index (χ1) is 13.6. The highest BCUT2D eigenvalue weighted by Crippen LogP contribution is 2.31. The van der Waals surface area contributed by atoms with E-state index in [0.29, 0.717) is 11.6 Å². The molecule has 1 N–H and O–H groups in total. The average molecular weight is 420 g/mol. The van der Waals surface area contributed by atoms with Gasteiger partial charge in [-0.2, -0.15) is 13.2 Å². The van der Waals surface area contributed by atoms with Crippen molar-refractivity contribution in [1.82, 2.24) is 9.71 Å². The molecule has 0 amide bonds. The van der Waals surface area contributed by atoms with Crippen molar-refractivity contribution in [2.75, 3.05) is 0 Å². The van der Waals surface area contributed by atoms with Crippen LogP contribution >= 0.6 is 0 Å². The monoisotopic (exact) mass is 420 g/mol. The van der Waals surface area contributed by atoms with Crippen LogP contribution in [0, 0.1) is 6.92 Å². The van der Waals surface area contributed by atoms with E-state index in [9.17, 15) is 21.6 Å². The molecule has 1 aromatic heterocycles. The third-order valence-electron chi connectivity index (χ3n) is 4.52. The summed E-state index contributed by atoms with van der Waals surface area (Å²) in [4.78, 5) is 3.63. The third-order valence-corrected chi connectivity index (χ3v) is 6.06. The molecule has 3 rings (SSSR count). The van der Waals surface area contributed by atoms with E-state index in [1.807, 2.05) is 25.1 Å². The number of hydrogen-bond donors (Lipinski definition) is 1. The van der Waals surface area contributed by atoms with Gasteiger partial charge in [0.15, 0.2) is 0 Å². The number of nitrogens with zero attached hydrogens (tertiary/aromatic N) is 1. The minimum Gasteiger partial charge on any atom is -0.264 e. The number of aryl methyl sites for hydroxylation is 1. The van der Waals surface area contributed by atoms with Crippen molar-refractivity contribution in [2.45, 2.75) is 31.0 Å². The highest BCUT2D eigenvalue weighted by Gasteiger charge is 2.32. The van der Waals surface area contributed by atoms with Crippen LogP contribution in [0.15, 0.2) is 71.9 Å². The molecule has 0 fully saturated rings. The van der Waals surface area contributed by atoms with Gasteiger partial charge in [0.05, 0.1) is 10.5 Å². The van der Waals surface area contributed by atoms with Crippen LogP contribution in [0.2, 0.25) is 0 Å². The van der Waals surface area contributed by atoms with E-state index < -0.39 is 32.7 Å². The Balaban J connectivity index is 1.88. The van der Waals surface area contributed by atoms with Crippen molar-refractivity contribution >= 4 is 10.0 Å². The molecule has 152 valence electrons. The zero-order chi connectivity index (χ0) is 21.2. The van der Waals surface area contributed by atoms with E-state index in [4.69, 9.17) is 0 Å². The topological polar surface area (TPSA) is 59.1 Å². The number of pyridine rings is 1. The summed E-state index contributed by atoms with van der Waals surface area (Å²) in [6.07, 6.45) is -1.20. The average Bonchev–Trinajstić information content (AvgIpc) is 2.67. The molecule has 0 saturated heterocycles. The smallest absolute Gasteiger partial charge is 0.264 e. The maximum Gasteiger partial charge on any atom is 0.416 e. The van der Waals surface area contributed by atoms with E-state index in [-0.39, 0.29) is 0 Å². The van der Waals surface area contributed by atoms with E-state index in [2.05, 4.69) is 9.71 Å². The Morgan fingerprint density at radius 1 is 1.03 bits per heavy atom. The van der Waals surface area contributed by atoms with E-state index in [1.165, 1.54) is 0 Å². The lowest BCUT2D eigenvalue weighted by molar-refractivity contribution is -0.137. The lowest BCUT2D eigenvalue weighted by atomic mass is 9.99. The molecular weight excluding hydrogens is 401 g/mol. The van der Waals surface area contributed by atoms with Gasteiger partial charge in [-0.05, 0) is 66.4 Å². The van der Waals surface area contributed by atoms with E-state index in [1.54, 1.807) is 31.5 Å². The van der Waals surface area contributed by atoms with Gasteiger partial charge >= 0.3 is 6.18 Å². The summed E-state index contributed by atoms with van der Waals surface area (Å²) in [5.41, 5.74) is 2.52. The summed E-state index contributed by atoms with van der Waals surface area (Å²) < 4.78 is 66.4. The van der Waals surface area contributed by atoms with Crippen LogP contribution in [0.3, 0.4) is 0 Å². The third kappa shape index (κ3) is 4.83. The van der Waals surface area contributed by atoms with Crippen LogP contribution in [-0.4, -0.2) is 13.4 Å². The van der Waals surface area contributed by atoms with Crippen LogP contribution in [-0.2, 0) is 16.2 Å². The maximum atomic E-state index is 12.9. The predicted molar refractivity (Wildman–Crippen MR) is 105 cm³/mol. The molecule has 8 heteroatoms. The molecule has 0 unspecified atom stereocenters. The lowest BCUT2D eigenvalue weighted by Gasteiger charge is -2.17. The summed E-state index contributed by atoms with van der Waals surface area (Å²) in [5.74, 6) is 0. The van der Waals surface area contributed by atoms with Crippen LogP contribution < -0.4 is 4.72 Å². The van der Waals surface area contributed by atoms with Gasteiger partial charge in [-0.25, -0.2) is 13.1 Å². The minimum atomic E-state index is -4.62. The minimum absolute atomic E-state index is 0.430. The number of halogens is 3. The summed E-state index contributed by atoms with van der Waals surface area (Å²) >= 11 is 0. The first-order valence-corrected chi connectivity index (χ1v) is 10.3. The fraction of sp³-hybridized carbons (Fsp3) is 0.190. The van der Waals surface area contributed by atoms with Crippen molar-refractivity contribution in [3.8, 4) is 11.1 Å². The van der Waals surface area contributed by atoms with Crippen molar-refractivity contribution < 1.29 is 21.6 Å². The number of aromatic nitrogens is 1. The van der Waals surface area contributed by atoms with Crippen molar-refractivity contribution in [3.05, 3.63) is 83.7 Å². The number of rotatable bonds is 5. The summed E-state index contributed by atoms with van der Waals surface area (Å²) in [5, 5.41) is 0. The van der Waals surface area contributed by atoms with E-state index in [0.717, 1.165) is 34.9 Å². The van der Waals surface area contributed by atoms with Gasteiger partial charge in [-0.3, -0.25) is 4.98 Å². The van der Waals surface area contributed by atoms with Gasteiger partial charge in [-0.1, -0.05) is 24.3 Å². The van der Waals surface area contributed by atoms with Gasteiger partial charge in [0.1, 0.15) is 0 Å². The Labute approximate surface area is 167 Å². The molecule has 0 bridgehead atoms. The summed E-state index contributed by atoms with van der Waals surface area (Å²) in [7, 11) is -4.14. The molecule has 1 heterocycles. The van der Waals surface area contributed by atoms with Gasteiger partial charge in [0.2, 0.25) is 10.0 Å². The predicted octanol–water partition coefficient (Wildman–Crippen LogP) is 5.12. The first-order valence-electron chi connectivity index (χ1n) is 8.78. The van der Waals surface area contributed by atoms with E-state index >= 15 is 0 Å². The summed E-state index contributed by atoms with van der Waals surface area (Å²) in [6.45, 7) is 3.57. The first kappa shape index (κ1) is 21.0. The number of sulfonamides is 1. The Morgan fingerprint density at radius 2 is 1.76 bits per heavy atom. The molecule has 0 aliphatic heterocycles. The van der Waals surface area contributed by atoms with Crippen molar-refractivity contribution in [3.63, 3.8) is 0 Å². The quantitative estimate of drug-likeness (QED) is 0.624. The van der Waals surface area contributed by atoms with Crippen LogP contribution in [0.4, 0.5) is 13.2 Å². The van der Waals surface area contributed by atoms with Gasteiger partial charge in [0.25, 0.3) is 0 Å². The molecule has 0 saturated carbocycles. The van der Waals surface area contributed by atoms with Gasteiger partial charge in [-0.15, -0.1) is 0 Å². The molecule has 2 aromatic carbocycles. The number of hydrogen-bond acceptors (Lipinski definition) is 3. The van der Waals surface area contributed by atoms with Crippen LogP contribution in [0.5, 0.6) is 0 Å². The molecule has 4 nitrogen and oxygen atoms in total. The SMILES string of the molecule is Cc1cnccc1-c1cccc([C@@H](C)NS(=O)(=O)c2cccc(C(F)(F)F)c2)c1. The maximum absolute atomic E-state index is 12.9. The van der Waals surface area contributed by atoms with Gasteiger partial charge < -0.3 is 0 Å². The molecule has 3 aromatic rings. The van der Waals surface area contributed by atoms with Crippen molar-refractivity contribution in [2.24, 2.45) is 0 Å². The Bertz CT molecular complexity index is 1130. The standard InChI is InChI=1S/C21H19F3N2O2S/c1-14-13-25-10-9-20(14)17-6-3-5-16(11-17)15(2)26-29(27,28)19-8-4-7-18(12-19)21(22,23)24/h3-13,15,26H,1-2H3/t15-/m1/s1. The zero-order valence-electron chi connectivity index (χ0n) is 15.7. The molecule has 0 radical (unpaired) electrons. The van der Waals surface area contributed by atoms with Crippen molar-refractivity contribution in [1.29, 1.82) is 0 Å². The molecule has 0 spiro atoms. The molecule has 29 heavy (non-hydrogen) atoms. The molecule has 1 atom stereocenters. The zero-order valence-corrected chi connectivity index (χ0v) is 16.6. The van der Waals surface area contributed by atoms with Crippen LogP contribution in [0.1, 0.15) is 29.7 Å². The largest absolute Gasteiger partial charge is 0.416 e. The second-order valence-corrected chi connectivity index (χ2v) is 8.40. The normalized spacial score (nSPS) is 13.3. The highest BCUT2D eigenvalue weighted by molar-refractivity contribution is 7.89.